The van der Waals surface area contributed by atoms with Gasteiger partial charge in [0.25, 0.3) is 0 Å². The molecule has 1 aromatic carbocycles. The molecule has 28 heavy (non-hydrogen) atoms. The fraction of sp³-hybridized carbons (Fsp3) is 0.636. The van der Waals surface area contributed by atoms with Crippen LogP contribution in [0.15, 0.2) is 18.2 Å². The van der Waals surface area contributed by atoms with Crippen molar-refractivity contribution in [3.8, 4) is 23.8 Å². The van der Waals surface area contributed by atoms with Crippen LogP contribution in [0.3, 0.4) is 0 Å². The molecule has 0 aromatic heterocycles. The normalized spacial score (nSPS) is 21.1. The molecule has 6 heteroatoms. The molecule has 2 N–H and O–H groups in total. The fourth-order valence-corrected chi connectivity index (χ4v) is 4.16. The van der Waals surface area contributed by atoms with Crippen molar-refractivity contribution in [1.29, 1.82) is 0 Å². The van der Waals surface area contributed by atoms with E-state index in [1.54, 1.807) is 19.2 Å². The largest absolute Gasteiger partial charge is 0.508 e. The molecule has 0 amide bonds. The smallest absolute Gasteiger partial charge is 0.145 e. The van der Waals surface area contributed by atoms with Gasteiger partial charge in [-0.3, -0.25) is 4.90 Å². The molecule has 2 aliphatic rings. The van der Waals surface area contributed by atoms with Gasteiger partial charge in [-0.2, -0.15) is 0 Å². The zero-order valence-corrected chi connectivity index (χ0v) is 16.8. The number of rotatable bonds is 7. The van der Waals surface area contributed by atoms with E-state index < -0.39 is 11.7 Å². The number of piperazine rings is 1. The SMILES string of the molecule is C#CC1(OCC(O)CN2CCN(c3ccc(O)cc3OC)CC2)CCCCC1. The Balaban J connectivity index is 1.46. The lowest BCUT2D eigenvalue weighted by Crippen LogP contribution is -2.49. The monoisotopic (exact) mass is 388 g/mol. The van der Waals surface area contributed by atoms with Gasteiger partial charge in [-0.05, 0) is 37.8 Å². The second kappa shape index (κ2) is 9.51. The van der Waals surface area contributed by atoms with Gasteiger partial charge >= 0.3 is 0 Å². The van der Waals surface area contributed by atoms with Crippen molar-refractivity contribution >= 4 is 5.69 Å². The first-order chi connectivity index (χ1) is 13.5. The summed E-state index contributed by atoms with van der Waals surface area (Å²) < 4.78 is 11.4. The number of benzene rings is 1. The molecular weight excluding hydrogens is 356 g/mol. The summed E-state index contributed by atoms with van der Waals surface area (Å²) in [6, 6.07) is 5.20. The Morgan fingerprint density at radius 2 is 1.89 bits per heavy atom. The average molecular weight is 389 g/mol. The minimum atomic E-state index is -0.540. The highest BCUT2D eigenvalue weighted by molar-refractivity contribution is 5.61. The second-order valence-electron chi connectivity index (χ2n) is 7.81. The van der Waals surface area contributed by atoms with Crippen LogP contribution in [0.4, 0.5) is 5.69 Å². The van der Waals surface area contributed by atoms with Gasteiger partial charge in [0.2, 0.25) is 0 Å². The van der Waals surface area contributed by atoms with E-state index in [0.717, 1.165) is 57.5 Å². The maximum Gasteiger partial charge on any atom is 0.145 e. The highest BCUT2D eigenvalue weighted by Crippen LogP contribution is 2.33. The number of hydrogen-bond acceptors (Lipinski definition) is 6. The number of aliphatic hydroxyl groups is 1. The molecular formula is C22H32N2O4. The summed E-state index contributed by atoms with van der Waals surface area (Å²) in [5, 5.41) is 20.1. The second-order valence-corrected chi connectivity index (χ2v) is 7.81. The van der Waals surface area contributed by atoms with Gasteiger partial charge < -0.3 is 24.6 Å². The summed E-state index contributed by atoms with van der Waals surface area (Å²) in [7, 11) is 1.61. The maximum absolute atomic E-state index is 10.4. The number of hydrogen-bond donors (Lipinski definition) is 2. The Hall–Kier alpha value is -1.94. The van der Waals surface area contributed by atoms with E-state index in [0.29, 0.717) is 12.3 Å². The minimum absolute atomic E-state index is 0.199. The molecule has 154 valence electrons. The van der Waals surface area contributed by atoms with Crippen LogP contribution in [0.1, 0.15) is 32.1 Å². The predicted octanol–water partition coefficient (Wildman–Crippen LogP) is 2.24. The zero-order valence-electron chi connectivity index (χ0n) is 16.8. The van der Waals surface area contributed by atoms with Crippen LogP contribution >= 0.6 is 0 Å². The molecule has 1 aromatic rings. The number of aromatic hydroxyl groups is 1. The third kappa shape index (κ3) is 5.11. The molecule has 0 bridgehead atoms. The molecule has 1 saturated heterocycles. The summed E-state index contributed by atoms with van der Waals surface area (Å²) in [5.41, 5.74) is 0.505. The van der Waals surface area contributed by atoms with Crippen LogP contribution in [0.25, 0.3) is 0 Å². The third-order valence-corrected chi connectivity index (χ3v) is 5.82. The quantitative estimate of drug-likeness (QED) is 0.699. The van der Waals surface area contributed by atoms with Crippen molar-refractivity contribution in [3.63, 3.8) is 0 Å². The first-order valence-electron chi connectivity index (χ1n) is 10.2. The van der Waals surface area contributed by atoms with E-state index in [1.165, 1.54) is 6.42 Å². The lowest BCUT2D eigenvalue weighted by molar-refractivity contribution is -0.0698. The van der Waals surface area contributed by atoms with Gasteiger partial charge in [-0.15, -0.1) is 6.42 Å². The molecule has 1 unspecified atom stereocenters. The van der Waals surface area contributed by atoms with Gasteiger partial charge in [0.1, 0.15) is 17.1 Å². The molecule has 6 nitrogen and oxygen atoms in total. The van der Waals surface area contributed by atoms with Crippen molar-refractivity contribution in [1.82, 2.24) is 4.90 Å². The molecule has 1 atom stereocenters. The number of phenolic OH excluding ortho intramolecular Hbond substituents is 1. The first kappa shape index (κ1) is 20.8. The summed E-state index contributed by atoms with van der Waals surface area (Å²) in [4.78, 5) is 4.49. The lowest BCUT2D eigenvalue weighted by atomic mass is 9.85. The van der Waals surface area contributed by atoms with E-state index in [4.69, 9.17) is 15.9 Å². The van der Waals surface area contributed by atoms with E-state index in [-0.39, 0.29) is 12.4 Å². The van der Waals surface area contributed by atoms with E-state index in [9.17, 15) is 10.2 Å². The van der Waals surface area contributed by atoms with Gasteiger partial charge in [0, 0.05) is 38.8 Å². The number of methoxy groups -OCH3 is 1. The molecule has 1 aliphatic carbocycles. The third-order valence-electron chi connectivity index (χ3n) is 5.82. The zero-order chi connectivity index (χ0) is 20.0. The van der Waals surface area contributed by atoms with E-state index >= 15 is 0 Å². The topological polar surface area (TPSA) is 65.4 Å². The predicted molar refractivity (Wildman–Crippen MR) is 110 cm³/mol. The molecule has 1 heterocycles. The van der Waals surface area contributed by atoms with Crippen molar-refractivity contribution < 1.29 is 19.7 Å². The van der Waals surface area contributed by atoms with Crippen molar-refractivity contribution in [3.05, 3.63) is 18.2 Å². The van der Waals surface area contributed by atoms with Crippen LogP contribution in [0.2, 0.25) is 0 Å². The summed E-state index contributed by atoms with van der Waals surface area (Å²) >= 11 is 0. The Bertz CT molecular complexity index is 674. The van der Waals surface area contributed by atoms with Crippen molar-refractivity contribution in [2.24, 2.45) is 0 Å². The molecule has 1 saturated carbocycles. The summed E-state index contributed by atoms with van der Waals surface area (Å²) in [5.74, 6) is 3.71. The Labute approximate surface area is 168 Å². The highest BCUT2D eigenvalue weighted by Gasteiger charge is 2.31. The van der Waals surface area contributed by atoms with Gasteiger partial charge in [-0.1, -0.05) is 12.3 Å². The minimum Gasteiger partial charge on any atom is -0.508 e. The van der Waals surface area contributed by atoms with E-state index in [1.807, 2.05) is 6.07 Å². The van der Waals surface area contributed by atoms with Crippen molar-refractivity contribution in [2.45, 2.75) is 43.8 Å². The average Bonchev–Trinajstić information content (AvgIpc) is 2.73. The van der Waals surface area contributed by atoms with Gasteiger partial charge in [0.05, 0.1) is 25.5 Å². The van der Waals surface area contributed by atoms with Gasteiger partial charge in [0.15, 0.2) is 0 Å². The standard InChI is InChI=1S/C22H32N2O4/c1-3-22(9-5-4-6-10-22)28-17-19(26)16-23-11-13-24(14-12-23)20-8-7-18(25)15-21(20)27-2/h1,7-8,15,19,25-26H,4-6,9-14,16-17H2,2H3. The number of anilines is 1. The number of terminal acetylenes is 1. The maximum atomic E-state index is 10.4. The number of β-amino-alcohol motifs (C(OH)–C–C–N with tert-alkyl or cyclic N) is 1. The summed E-state index contributed by atoms with van der Waals surface area (Å²) in [6.07, 6.45) is 10.4. The van der Waals surface area contributed by atoms with Crippen LogP contribution in [-0.2, 0) is 4.74 Å². The Morgan fingerprint density at radius 1 is 1.18 bits per heavy atom. The van der Waals surface area contributed by atoms with Crippen molar-refractivity contribution in [2.75, 3.05) is 51.3 Å². The molecule has 0 spiro atoms. The van der Waals surface area contributed by atoms with Crippen LogP contribution in [0, 0.1) is 12.3 Å². The van der Waals surface area contributed by atoms with E-state index in [2.05, 4.69) is 15.7 Å². The molecule has 1 aliphatic heterocycles. The van der Waals surface area contributed by atoms with Crippen LogP contribution < -0.4 is 9.64 Å². The molecule has 2 fully saturated rings. The molecule has 3 rings (SSSR count). The Kier molecular flexibility index (Phi) is 7.06. The van der Waals surface area contributed by atoms with Crippen LogP contribution in [0.5, 0.6) is 11.5 Å². The lowest BCUT2D eigenvalue weighted by Gasteiger charge is -2.38. The van der Waals surface area contributed by atoms with Gasteiger partial charge in [-0.25, -0.2) is 0 Å². The fourth-order valence-electron chi connectivity index (χ4n) is 4.16. The summed E-state index contributed by atoms with van der Waals surface area (Å²) in [6.45, 7) is 4.24. The number of nitrogens with zero attached hydrogens (tertiary/aromatic N) is 2. The first-order valence-corrected chi connectivity index (χ1v) is 10.2. The number of ether oxygens (including phenoxy) is 2. The Morgan fingerprint density at radius 3 is 2.54 bits per heavy atom. The molecule has 0 radical (unpaired) electrons. The number of aliphatic hydroxyl groups excluding tert-OH is 1. The highest BCUT2D eigenvalue weighted by atomic mass is 16.5. The van der Waals surface area contributed by atoms with Crippen LogP contribution in [-0.4, -0.2) is 73.3 Å². The number of phenols is 1.